The van der Waals surface area contributed by atoms with Crippen LogP contribution in [-0.4, -0.2) is 17.6 Å². The molecule has 1 aliphatic carbocycles. The number of rotatable bonds is 6. The summed E-state index contributed by atoms with van der Waals surface area (Å²) in [6, 6.07) is 0. The molecular formula is C16H25NO2S. The van der Waals surface area contributed by atoms with E-state index in [1.807, 2.05) is 12.3 Å². The van der Waals surface area contributed by atoms with Crippen LogP contribution < -0.4 is 0 Å². The Bertz CT molecular complexity index is 422. The van der Waals surface area contributed by atoms with Gasteiger partial charge < -0.3 is 4.74 Å². The first-order valence-electron chi connectivity index (χ1n) is 7.82. The zero-order valence-corrected chi connectivity index (χ0v) is 13.4. The van der Waals surface area contributed by atoms with E-state index in [9.17, 15) is 4.79 Å². The molecule has 1 fully saturated rings. The number of carbonyl (C=O) groups excluding carboxylic acids is 1. The molecule has 1 aromatic heterocycles. The summed E-state index contributed by atoms with van der Waals surface area (Å²) < 4.78 is 4.97. The predicted molar refractivity (Wildman–Crippen MR) is 82.1 cm³/mol. The molecule has 0 aromatic carbocycles. The van der Waals surface area contributed by atoms with Crippen LogP contribution >= 0.6 is 11.3 Å². The van der Waals surface area contributed by atoms with Crippen molar-refractivity contribution in [2.45, 2.75) is 64.7 Å². The van der Waals surface area contributed by atoms with E-state index in [4.69, 9.17) is 4.74 Å². The second kappa shape index (κ2) is 7.77. The molecule has 3 nitrogen and oxygen atoms in total. The Hall–Kier alpha value is -0.900. The van der Waals surface area contributed by atoms with E-state index in [1.54, 1.807) is 11.3 Å². The molecule has 0 saturated heterocycles. The molecular weight excluding hydrogens is 270 g/mol. The van der Waals surface area contributed by atoms with E-state index in [0.717, 1.165) is 11.6 Å². The molecule has 20 heavy (non-hydrogen) atoms. The second-order valence-electron chi connectivity index (χ2n) is 5.67. The maximum Gasteiger partial charge on any atom is 0.311 e. The highest BCUT2D eigenvalue weighted by atomic mass is 32.1. The van der Waals surface area contributed by atoms with Crippen molar-refractivity contribution >= 4 is 17.3 Å². The van der Waals surface area contributed by atoms with Crippen molar-refractivity contribution in [2.24, 2.45) is 5.92 Å². The van der Waals surface area contributed by atoms with Crippen LogP contribution in [-0.2, 0) is 16.0 Å². The molecule has 0 amide bonds. The Balaban J connectivity index is 1.85. The molecule has 1 heterocycles. The molecule has 0 aliphatic heterocycles. The Labute approximate surface area is 125 Å². The fourth-order valence-corrected chi connectivity index (χ4v) is 4.05. The van der Waals surface area contributed by atoms with Crippen LogP contribution in [0.5, 0.6) is 0 Å². The minimum absolute atomic E-state index is 0.170. The molecule has 1 aromatic rings. The van der Waals surface area contributed by atoms with Crippen molar-refractivity contribution in [1.29, 1.82) is 0 Å². The minimum atomic E-state index is -0.170. The highest BCUT2D eigenvalue weighted by Gasteiger charge is 2.24. The minimum Gasteiger partial charge on any atom is -0.466 e. The number of nitrogens with zero attached hydrogens (tertiary/aromatic N) is 1. The van der Waals surface area contributed by atoms with Gasteiger partial charge in [-0.1, -0.05) is 19.8 Å². The first-order chi connectivity index (χ1) is 9.72. The second-order valence-corrected chi connectivity index (χ2v) is 6.55. The molecule has 2 rings (SSSR count). The van der Waals surface area contributed by atoms with Gasteiger partial charge in [0.05, 0.1) is 23.7 Å². The number of ether oxygens (including phenoxy) is 1. The third kappa shape index (κ3) is 4.30. The van der Waals surface area contributed by atoms with Gasteiger partial charge in [-0.25, -0.2) is 4.98 Å². The summed E-state index contributed by atoms with van der Waals surface area (Å²) in [5.74, 6) is 1.37. The number of hydrogen-bond donors (Lipinski definition) is 0. The van der Waals surface area contributed by atoms with Crippen LogP contribution in [0.4, 0.5) is 0 Å². The highest BCUT2D eigenvalue weighted by molar-refractivity contribution is 7.09. The highest BCUT2D eigenvalue weighted by Crippen LogP contribution is 2.38. The Morgan fingerprint density at radius 3 is 2.75 bits per heavy atom. The van der Waals surface area contributed by atoms with Crippen LogP contribution in [0.15, 0.2) is 5.38 Å². The van der Waals surface area contributed by atoms with Crippen LogP contribution in [0, 0.1) is 5.92 Å². The van der Waals surface area contributed by atoms with Crippen LogP contribution in [0.1, 0.15) is 69.0 Å². The third-order valence-corrected chi connectivity index (χ3v) is 5.15. The van der Waals surface area contributed by atoms with Crippen molar-refractivity contribution in [3.8, 4) is 0 Å². The summed E-state index contributed by atoms with van der Waals surface area (Å²) in [7, 11) is 0. The molecule has 4 heteroatoms. The lowest BCUT2D eigenvalue weighted by molar-refractivity contribution is -0.142. The largest absolute Gasteiger partial charge is 0.466 e. The Morgan fingerprint density at radius 1 is 1.35 bits per heavy atom. The molecule has 0 bridgehead atoms. The van der Waals surface area contributed by atoms with Crippen LogP contribution in [0.25, 0.3) is 0 Å². The molecule has 0 spiro atoms. The molecule has 0 N–H and O–H groups in total. The van der Waals surface area contributed by atoms with Crippen LogP contribution in [0.2, 0.25) is 0 Å². The van der Waals surface area contributed by atoms with Gasteiger partial charge in [-0.3, -0.25) is 4.79 Å². The SMILES string of the molecule is CCCC1CCC(c2nc(CC(=O)OCC)cs2)CC1. The first-order valence-corrected chi connectivity index (χ1v) is 8.70. The van der Waals surface area contributed by atoms with Crippen LogP contribution in [0.3, 0.4) is 0 Å². The monoisotopic (exact) mass is 295 g/mol. The van der Waals surface area contributed by atoms with Gasteiger partial charge in [-0.05, 0) is 38.5 Å². The summed E-state index contributed by atoms with van der Waals surface area (Å²) in [5.41, 5.74) is 0.874. The number of aromatic nitrogens is 1. The van der Waals surface area contributed by atoms with E-state index in [2.05, 4.69) is 11.9 Å². The van der Waals surface area contributed by atoms with E-state index < -0.39 is 0 Å². The van der Waals surface area contributed by atoms with E-state index >= 15 is 0 Å². The van der Waals surface area contributed by atoms with Gasteiger partial charge in [-0.2, -0.15) is 0 Å². The first kappa shape index (κ1) is 15.5. The number of esters is 1. The summed E-state index contributed by atoms with van der Waals surface area (Å²) >= 11 is 1.71. The summed E-state index contributed by atoms with van der Waals surface area (Å²) in [6.07, 6.45) is 8.19. The number of thiazole rings is 1. The average molecular weight is 295 g/mol. The topological polar surface area (TPSA) is 39.2 Å². The van der Waals surface area contributed by atoms with Gasteiger partial charge in [-0.15, -0.1) is 11.3 Å². The molecule has 0 unspecified atom stereocenters. The standard InChI is InChI=1S/C16H25NO2S/c1-3-5-12-6-8-13(9-7-12)16-17-14(11-20-16)10-15(18)19-4-2/h11-13H,3-10H2,1-2H3. The van der Waals surface area contributed by atoms with Gasteiger partial charge in [0.2, 0.25) is 0 Å². The maximum atomic E-state index is 11.5. The van der Waals surface area contributed by atoms with E-state index in [-0.39, 0.29) is 5.97 Å². The van der Waals surface area contributed by atoms with Gasteiger partial charge in [0.1, 0.15) is 0 Å². The normalized spacial score (nSPS) is 22.7. The molecule has 112 valence electrons. The molecule has 1 aliphatic rings. The Kier molecular flexibility index (Phi) is 6.02. The summed E-state index contributed by atoms with van der Waals surface area (Å²) in [5, 5.41) is 3.24. The number of hydrogen-bond acceptors (Lipinski definition) is 4. The van der Waals surface area contributed by atoms with Gasteiger partial charge in [0.25, 0.3) is 0 Å². The fraction of sp³-hybridized carbons (Fsp3) is 0.750. The predicted octanol–water partition coefficient (Wildman–Crippen LogP) is 4.32. The number of carbonyl (C=O) groups is 1. The molecule has 1 saturated carbocycles. The van der Waals surface area contributed by atoms with E-state index in [0.29, 0.717) is 18.9 Å². The maximum absolute atomic E-state index is 11.5. The average Bonchev–Trinajstić information content (AvgIpc) is 2.88. The zero-order chi connectivity index (χ0) is 14.4. The van der Waals surface area contributed by atoms with E-state index in [1.165, 1.54) is 43.5 Å². The van der Waals surface area contributed by atoms with Crippen molar-refractivity contribution in [2.75, 3.05) is 6.61 Å². The van der Waals surface area contributed by atoms with Gasteiger partial charge in [0, 0.05) is 11.3 Å². The fourth-order valence-electron chi connectivity index (χ4n) is 3.06. The lowest BCUT2D eigenvalue weighted by atomic mass is 9.80. The zero-order valence-electron chi connectivity index (χ0n) is 12.6. The van der Waals surface area contributed by atoms with Gasteiger partial charge in [0.15, 0.2) is 0 Å². The molecule has 0 radical (unpaired) electrons. The lowest BCUT2D eigenvalue weighted by Crippen LogP contribution is -2.13. The Morgan fingerprint density at radius 2 is 2.10 bits per heavy atom. The quantitative estimate of drug-likeness (QED) is 0.734. The van der Waals surface area contributed by atoms with Crippen molar-refractivity contribution in [3.63, 3.8) is 0 Å². The van der Waals surface area contributed by atoms with Crippen molar-refractivity contribution < 1.29 is 9.53 Å². The third-order valence-electron chi connectivity index (χ3n) is 4.09. The van der Waals surface area contributed by atoms with Crippen molar-refractivity contribution in [1.82, 2.24) is 4.98 Å². The lowest BCUT2D eigenvalue weighted by Gasteiger charge is -2.26. The van der Waals surface area contributed by atoms with Gasteiger partial charge >= 0.3 is 5.97 Å². The summed E-state index contributed by atoms with van der Waals surface area (Å²) in [4.78, 5) is 16.1. The van der Waals surface area contributed by atoms with Crippen molar-refractivity contribution in [3.05, 3.63) is 16.1 Å². The molecule has 0 atom stereocenters. The smallest absolute Gasteiger partial charge is 0.311 e. The summed E-state index contributed by atoms with van der Waals surface area (Å²) in [6.45, 7) is 4.55.